The number of pyridine rings is 1. The fourth-order valence-electron chi connectivity index (χ4n) is 2.38. The van der Waals surface area contributed by atoms with Gasteiger partial charge in [-0.05, 0) is 49.6 Å². The predicted molar refractivity (Wildman–Crippen MR) is 108 cm³/mol. The van der Waals surface area contributed by atoms with Crippen LogP contribution >= 0.6 is 0 Å². The molecule has 0 bridgehead atoms. The Morgan fingerprint density at radius 1 is 1.04 bits per heavy atom. The minimum absolute atomic E-state index is 0.639. The SMILES string of the molecule is CCNC(=NCc1ccc(OC)cc1)NCCCCNc1ccccn1. The van der Waals surface area contributed by atoms with Crippen LogP contribution in [-0.2, 0) is 6.54 Å². The molecule has 0 saturated carbocycles. The maximum absolute atomic E-state index is 5.18. The summed E-state index contributed by atoms with van der Waals surface area (Å²) in [4.78, 5) is 8.88. The Morgan fingerprint density at radius 3 is 2.54 bits per heavy atom. The molecule has 6 nitrogen and oxygen atoms in total. The second-order valence-electron chi connectivity index (χ2n) is 5.82. The van der Waals surface area contributed by atoms with Gasteiger partial charge in [0.25, 0.3) is 0 Å². The molecule has 1 aromatic carbocycles. The number of methoxy groups -OCH3 is 1. The van der Waals surface area contributed by atoms with Gasteiger partial charge >= 0.3 is 0 Å². The normalized spacial score (nSPS) is 11.1. The van der Waals surface area contributed by atoms with Crippen LogP contribution in [0.25, 0.3) is 0 Å². The van der Waals surface area contributed by atoms with Crippen molar-refractivity contribution in [3.63, 3.8) is 0 Å². The molecule has 2 rings (SSSR count). The minimum Gasteiger partial charge on any atom is -0.497 e. The predicted octanol–water partition coefficient (Wildman–Crippen LogP) is 3.04. The molecule has 3 N–H and O–H groups in total. The third kappa shape index (κ3) is 7.42. The zero-order valence-corrected chi connectivity index (χ0v) is 15.7. The Kier molecular flexibility index (Phi) is 8.83. The Hall–Kier alpha value is -2.76. The van der Waals surface area contributed by atoms with Gasteiger partial charge in [0.1, 0.15) is 11.6 Å². The number of benzene rings is 1. The lowest BCUT2D eigenvalue weighted by molar-refractivity contribution is 0.414. The first-order chi connectivity index (χ1) is 12.8. The number of anilines is 1. The van der Waals surface area contributed by atoms with Gasteiger partial charge in [-0.25, -0.2) is 9.98 Å². The van der Waals surface area contributed by atoms with Crippen molar-refractivity contribution in [2.45, 2.75) is 26.3 Å². The fourth-order valence-corrected chi connectivity index (χ4v) is 2.38. The number of ether oxygens (including phenoxy) is 1. The lowest BCUT2D eigenvalue weighted by Gasteiger charge is -2.11. The van der Waals surface area contributed by atoms with Gasteiger partial charge < -0.3 is 20.7 Å². The van der Waals surface area contributed by atoms with E-state index in [1.165, 1.54) is 0 Å². The molecule has 140 valence electrons. The van der Waals surface area contributed by atoms with Crippen LogP contribution in [-0.4, -0.2) is 37.7 Å². The number of hydrogen-bond acceptors (Lipinski definition) is 4. The highest BCUT2D eigenvalue weighted by Crippen LogP contribution is 2.11. The summed E-state index contributed by atoms with van der Waals surface area (Å²) in [5, 5.41) is 9.98. The molecule has 0 amide bonds. The van der Waals surface area contributed by atoms with Gasteiger partial charge in [-0.3, -0.25) is 0 Å². The molecule has 0 spiro atoms. The highest BCUT2D eigenvalue weighted by atomic mass is 16.5. The average Bonchev–Trinajstić information content (AvgIpc) is 2.69. The number of nitrogens with one attached hydrogen (secondary N) is 3. The number of rotatable bonds is 10. The number of aromatic nitrogens is 1. The number of unbranched alkanes of at least 4 members (excludes halogenated alkanes) is 1. The molecule has 1 aromatic heterocycles. The molecule has 0 saturated heterocycles. The molecular weight excluding hydrogens is 326 g/mol. The number of guanidine groups is 1. The van der Waals surface area contributed by atoms with Gasteiger partial charge in [0.2, 0.25) is 0 Å². The topological polar surface area (TPSA) is 70.6 Å². The van der Waals surface area contributed by atoms with E-state index >= 15 is 0 Å². The van der Waals surface area contributed by atoms with Gasteiger partial charge in [0, 0.05) is 25.8 Å². The monoisotopic (exact) mass is 355 g/mol. The zero-order chi connectivity index (χ0) is 18.5. The molecule has 0 fully saturated rings. The van der Waals surface area contributed by atoms with Crippen LogP contribution < -0.4 is 20.7 Å². The molecule has 0 radical (unpaired) electrons. The molecule has 0 atom stereocenters. The van der Waals surface area contributed by atoms with Crippen LogP contribution in [0.1, 0.15) is 25.3 Å². The molecule has 0 unspecified atom stereocenters. The Balaban J connectivity index is 1.67. The largest absolute Gasteiger partial charge is 0.497 e. The van der Waals surface area contributed by atoms with Crippen LogP contribution in [0.4, 0.5) is 5.82 Å². The summed E-state index contributed by atoms with van der Waals surface area (Å²) < 4.78 is 5.18. The third-order valence-electron chi connectivity index (χ3n) is 3.79. The summed E-state index contributed by atoms with van der Waals surface area (Å²) in [6, 6.07) is 13.9. The van der Waals surface area contributed by atoms with Crippen LogP contribution in [0, 0.1) is 0 Å². The van der Waals surface area contributed by atoms with Crippen molar-refractivity contribution in [3.8, 4) is 5.75 Å². The third-order valence-corrected chi connectivity index (χ3v) is 3.79. The first kappa shape index (κ1) is 19.6. The molecule has 0 aliphatic carbocycles. The summed E-state index contributed by atoms with van der Waals surface area (Å²) in [6.45, 7) is 5.36. The van der Waals surface area contributed by atoms with Gasteiger partial charge in [0.15, 0.2) is 5.96 Å². The van der Waals surface area contributed by atoms with Gasteiger partial charge in [-0.15, -0.1) is 0 Å². The maximum Gasteiger partial charge on any atom is 0.191 e. The summed E-state index contributed by atoms with van der Waals surface area (Å²) in [7, 11) is 1.67. The van der Waals surface area contributed by atoms with Crippen molar-refractivity contribution >= 4 is 11.8 Å². The van der Waals surface area contributed by atoms with Gasteiger partial charge in [-0.1, -0.05) is 18.2 Å². The lowest BCUT2D eigenvalue weighted by atomic mass is 10.2. The van der Waals surface area contributed by atoms with E-state index in [-0.39, 0.29) is 0 Å². The molecular formula is C20H29N5O. The first-order valence-electron chi connectivity index (χ1n) is 9.12. The van der Waals surface area contributed by atoms with E-state index in [9.17, 15) is 0 Å². The molecule has 6 heteroatoms. The minimum atomic E-state index is 0.639. The van der Waals surface area contributed by atoms with Crippen LogP contribution in [0.3, 0.4) is 0 Å². The van der Waals surface area contributed by atoms with Crippen LogP contribution in [0.5, 0.6) is 5.75 Å². The first-order valence-corrected chi connectivity index (χ1v) is 9.12. The van der Waals surface area contributed by atoms with Crippen molar-refractivity contribution in [1.82, 2.24) is 15.6 Å². The average molecular weight is 355 g/mol. The highest BCUT2D eigenvalue weighted by molar-refractivity contribution is 5.79. The van der Waals surface area contributed by atoms with E-state index in [1.807, 2.05) is 42.5 Å². The second-order valence-corrected chi connectivity index (χ2v) is 5.82. The van der Waals surface area contributed by atoms with Crippen molar-refractivity contribution < 1.29 is 4.74 Å². The summed E-state index contributed by atoms with van der Waals surface area (Å²) >= 11 is 0. The van der Waals surface area contributed by atoms with E-state index in [1.54, 1.807) is 13.3 Å². The highest BCUT2D eigenvalue weighted by Gasteiger charge is 1.98. The summed E-state index contributed by atoms with van der Waals surface area (Å²) in [5.74, 6) is 2.64. The Labute approximate surface area is 156 Å². The molecule has 26 heavy (non-hydrogen) atoms. The summed E-state index contributed by atoms with van der Waals surface area (Å²) in [5.41, 5.74) is 1.16. The quantitative estimate of drug-likeness (QED) is 0.347. The number of hydrogen-bond donors (Lipinski definition) is 3. The molecule has 0 aliphatic heterocycles. The van der Waals surface area contributed by atoms with E-state index in [4.69, 9.17) is 4.74 Å². The maximum atomic E-state index is 5.18. The van der Waals surface area contributed by atoms with Crippen molar-refractivity contribution in [2.75, 3.05) is 32.1 Å². The van der Waals surface area contributed by atoms with E-state index in [2.05, 4.69) is 32.9 Å². The van der Waals surface area contributed by atoms with Crippen molar-refractivity contribution in [3.05, 3.63) is 54.2 Å². The molecule has 1 heterocycles. The summed E-state index contributed by atoms with van der Waals surface area (Å²) in [6.07, 6.45) is 3.93. The molecule has 0 aliphatic rings. The van der Waals surface area contributed by atoms with Gasteiger partial charge in [0.05, 0.1) is 13.7 Å². The van der Waals surface area contributed by atoms with Crippen molar-refractivity contribution in [2.24, 2.45) is 4.99 Å². The number of nitrogens with zero attached hydrogens (tertiary/aromatic N) is 2. The van der Waals surface area contributed by atoms with Gasteiger partial charge in [-0.2, -0.15) is 0 Å². The van der Waals surface area contributed by atoms with Crippen LogP contribution in [0.2, 0.25) is 0 Å². The standard InChI is InChI=1S/C20H29N5O/c1-3-21-20(25-16-17-9-11-18(26-2)12-10-17)24-15-7-6-14-23-19-8-4-5-13-22-19/h4-5,8-13H,3,6-7,14-16H2,1-2H3,(H,22,23)(H2,21,24,25). The van der Waals surface area contributed by atoms with E-state index < -0.39 is 0 Å². The Bertz CT molecular complexity index is 643. The molecule has 2 aromatic rings. The zero-order valence-electron chi connectivity index (χ0n) is 15.7. The van der Waals surface area contributed by atoms with Crippen molar-refractivity contribution in [1.29, 1.82) is 0 Å². The fraction of sp³-hybridized carbons (Fsp3) is 0.400. The number of aliphatic imine (C=N–C) groups is 1. The smallest absolute Gasteiger partial charge is 0.191 e. The van der Waals surface area contributed by atoms with E-state index in [0.29, 0.717) is 6.54 Å². The second kappa shape index (κ2) is 11.7. The Morgan fingerprint density at radius 2 is 1.85 bits per heavy atom. The lowest BCUT2D eigenvalue weighted by Crippen LogP contribution is -2.37. The van der Waals surface area contributed by atoms with Crippen LogP contribution in [0.15, 0.2) is 53.7 Å². The van der Waals surface area contributed by atoms with E-state index in [0.717, 1.165) is 55.6 Å².